The van der Waals surface area contributed by atoms with Crippen LogP contribution in [0, 0.1) is 31.4 Å². The zero-order valence-electron chi connectivity index (χ0n) is 34.5. The van der Waals surface area contributed by atoms with Crippen molar-refractivity contribution in [2.45, 2.75) is 128 Å². The van der Waals surface area contributed by atoms with Gasteiger partial charge in [0.25, 0.3) is 0 Å². The third-order valence-corrected chi connectivity index (χ3v) is 12.0. The lowest BCUT2D eigenvalue weighted by Gasteiger charge is -2.39. The predicted octanol–water partition coefficient (Wildman–Crippen LogP) is 1.37. The number of piperidine rings is 1. The molecule has 0 bridgehead atoms. The van der Waals surface area contributed by atoms with E-state index >= 15 is 0 Å². The summed E-state index contributed by atoms with van der Waals surface area (Å²) in [7, 11) is 0. The maximum atomic E-state index is 14.8. The van der Waals surface area contributed by atoms with Crippen LogP contribution in [0.4, 0.5) is 8.78 Å². The van der Waals surface area contributed by atoms with Crippen molar-refractivity contribution in [3.8, 4) is 0 Å². The topological polar surface area (TPSA) is 195 Å². The Morgan fingerprint density at radius 1 is 0.833 bits per heavy atom. The van der Waals surface area contributed by atoms with Gasteiger partial charge in [-0.1, -0.05) is 25.1 Å². The van der Waals surface area contributed by atoms with Crippen molar-refractivity contribution in [2.75, 3.05) is 19.6 Å². The highest BCUT2D eigenvalue weighted by Crippen LogP contribution is 2.29. The minimum absolute atomic E-state index is 0.0192. The second-order valence-corrected chi connectivity index (χ2v) is 16.8. The molecule has 0 radical (unpaired) electrons. The number of aliphatic hydroxyl groups excluding tert-OH is 1. The van der Waals surface area contributed by atoms with E-state index in [1.807, 2.05) is 32.9 Å². The monoisotopic (exact) mass is 836 g/mol. The average molecular weight is 837 g/mol. The summed E-state index contributed by atoms with van der Waals surface area (Å²) in [4.78, 5) is 102. The number of nitrogens with one attached hydrogen (secondary N) is 3. The van der Waals surface area contributed by atoms with E-state index in [0.29, 0.717) is 30.9 Å². The number of carbonyl (C=O) groups excluding carboxylic acids is 7. The molecule has 0 spiro atoms. The Bertz CT molecular complexity index is 2010. The molecular formula is C43H54F2N6O9. The number of halogens is 2. The number of aliphatic hydroxyl groups is 1. The van der Waals surface area contributed by atoms with E-state index in [1.54, 1.807) is 6.07 Å². The summed E-state index contributed by atoms with van der Waals surface area (Å²) in [6.45, 7) is 8.53. The molecule has 6 rings (SSSR count). The molecule has 0 unspecified atom stereocenters. The van der Waals surface area contributed by atoms with Crippen LogP contribution in [-0.2, 0) is 51.1 Å². The quantitative estimate of drug-likeness (QED) is 0.298. The molecule has 4 fully saturated rings. The highest BCUT2D eigenvalue weighted by atomic mass is 19.1. The highest BCUT2D eigenvalue weighted by molar-refractivity contribution is 5.98. The average Bonchev–Trinajstić information content (AvgIpc) is 3.78. The van der Waals surface area contributed by atoms with Gasteiger partial charge in [0.15, 0.2) is 0 Å². The van der Waals surface area contributed by atoms with Gasteiger partial charge in [-0.3, -0.25) is 28.8 Å². The van der Waals surface area contributed by atoms with Crippen molar-refractivity contribution in [1.82, 2.24) is 30.7 Å². The van der Waals surface area contributed by atoms with Crippen LogP contribution in [0.25, 0.3) is 0 Å². The Morgan fingerprint density at radius 2 is 1.53 bits per heavy atom. The number of nitrogens with zero attached hydrogens (tertiary/aromatic N) is 3. The van der Waals surface area contributed by atoms with Gasteiger partial charge in [-0.05, 0) is 93.7 Å². The van der Waals surface area contributed by atoms with Gasteiger partial charge in [-0.15, -0.1) is 0 Å². The van der Waals surface area contributed by atoms with E-state index in [0.717, 1.165) is 28.2 Å². The smallest absolute Gasteiger partial charge is 0.329 e. The molecule has 4 aliphatic rings. The van der Waals surface area contributed by atoms with Gasteiger partial charge in [0, 0.05) is 38.5 Å². The van der Waals surface area contributed by atoms with Crippen LogP contribution in [0.3, 0.4) is 0 Å². The van der Waals surface area contributed by atoms with E-state index in [4.69, 9.17) is 4.74 Å². The largest absolute Gasteiger partial charge is 0.458 e. The van der Waals surface area contributed by atoms with Crippen LogP contribution in [0.15, 0.2) is 36.4 Å². The minimum atomic E-state index is -1.72. The number of aryl methyl sites for hydroxylation is 2. The third kappa shape index (κ3) is 9.94. The van der Waals surface area contributed by atoms with E-state index in [1.165, 1.54) is 23.6 Å². The van der Waals surface area contributed by atoms with Crippen LogP contribution in [0.1, 0.15) is 75.1 Å². The van der Waals surface area contributed by atoms with Gasteiger partial charge in [0.1, 0.15) is 54.0 Å². The minimum Gasteiger partial charge on any atom is -0.458 e. The summed E-state index contributed by atoms with van der Waals surface area (Å²) in [5.74, 6) is -7.05. The van der Waals surface area contributed by atoms with Crippen molar-refractivity contribution in [3.63, 3.8) is 0 Å². The second kappa shape index (κ2) is 18.4. The molecule has 2 aromatic rings. The summed E-state index contributed by atoms with van der Waals surface area (Å²) >= 11 is 0. The molecule has 0 aliphatic carbocycles. The van der Waals surface area contributed by atoms with Crippen LogP contribution in [-0.4, -0.2) is 129 Å². The fourth-order valence-corrected chi connectivity index (χ4v) is 8.74. The van der Waals surface area contributed by atoms with Gasteiger partial charge in [-0.2, -0.15) is 0 Å². The van der Waals surface area contributed by atoms with Crippen molar-refractivity contribution < 1.29 is 52.2 Å². The molecule has 0 saturated carbocycles. The SMILES string of the molecule is Cc1ccc(CC(=O)N[C@@H](Cc2cc(F)cc(F)c2)C(=O)N[C@@H]2C(=O)N3C[C@H](O)C[C@H]3C(=O)N3CCCC[C@H]3C(=O)N[C@@H](C)C(=O)N3C[C@H](C)C[C@H]3C(=O)O[C@H]2C)cc1C. The van der Waals surface area contributed by atoms with Gasteiger partial charge in [-0.25, -0.2) is 13.6 Å². The molecule has 17 heteroatoms. The lowest BCUT2D eigenvalue weighted by atomic mass is 9.98. The fourth-order valence-electron chi connectivity index (χ4n) is 8.74. The Morgan fingerprint density at radius 3 is 2.23 bits per heavy atom. The molecule has 6 amide bonds. The lowest BCUT2D eigenvalue weighted by Crippen LogP contribution is -2.63. The number of esters is 1. The summed E-state index contributed by atoms with van der Waals surface area (Å²) in [5.41, 5.74) is 2.60. The number of amides is 6. The number of ether oxygens (including phenoxy) is 1. The molecule has 60 heavy (non-hydrogen) atoms. The molecule has 324 valence electrons. The second-order valence-electron chi connectivity index (χ2n) is 16.8. The fraction of sp³-hybridized carbons (Fsp3) is 0.558. The lowest BCUT2D eigenvalue weighted by molar-refractivity contribution is -0.163. The number of cyclic esters (lactones) is 1. The summed E-state index contributed by atoms with van der Waals surface area (Å²) in [6, 6.07) is 0.458. The van der Waals surface area contributed by atoms with Gasteiger partial charge < -0.3 is 40.5 Å². The van der Waals surface area contributed by atoms with Gasteiger partial charge in [0.05, 0.1) is 12.5 Å². The Balaban J connectivity index is 1.36. The normalized spacial score (nSPS) is 28.3. The van der Waals surface area contributed by atoms with E-state index < -0.39 is 108 Å². The molecule has 4 heterocycles. The predicted molar refractivity (Wildman–Crippen MR) is 211 cm³/mol. The highest BCUT2D eigenvalue weighted by Gasteiger charge is 2.49. The summed E-state index contributed by atoms with van der Waals surface area (Å²) in [5, 5.41) is 18.9. The van der Waals surface area contributed by atoms with Crippen LogP contribution < -0.4 is 16.0 Å². The zero-order chi connectivity index (χ0) is 43.6. The first-order chi connectivity index (χ1) is 28.4. The molecule has 2 aromatic carbocycles. The number of rotatable bonds is 7. The van der Waals surface area contributed by atoms with Crippen molar-refractivity contribution in [1.29, 1.82) is 0 Å². The summed E-state index contributed by atoms with van der Waals surface area (Å²) < 4.78 is 34.6. The summed E-state index contributed by atoms with van der Waals surface area (Å²) in [6.07, 6.45) is -1.67. The molecule has 9 atom stereocenters. The molecule has 4 saturated heterocycles. The maximum absolute atomic E-state index is 14.8. The van der Waals surface area contributed by atoms with Crippen LogP contribution in [0.2, 0.25) is 0 Å². The molecule has 0 aromatic heterocycles. The molecule has 15 nitrogen and oxygen atoms in total. The third-order valence-electron chi connectivity index (χ3n) is 12.0. The van der Waals surface area contributed by atoms with E-state index in [2.05, 4.69) is 16.0 Å². The van der Waals surface area contributed by atoms with Crippen molar-refractivity contribution in [3.05, 3.63) is 70.3 Å². The number of fused-ring (bicyclic) bond motifs is 3. The Hall–Kier alpha value is -5.45. The maximum Gasteiger partial charge on any atom is 0.329 e. The molecule has 4 aliphatic heterocycles. The number of carbonyl (C=O) groups is 7. The van der Waals surface area contributed by atoms with Crippen LogP contribution in [0.5, 0.6) is 0 Å². The zero-order valence-corrected chi connectivity index (χ0v) is 34.5. The first kappa shape index (κ1) is 44.1. The number of benzene rings is 2. The number of hydrogen-bond donors (Lipinski definition) is 4. The Kier molecular flexibility index (Phi) is 13.6. The van der Waals surface area contributed by atoms with Crippen molar-refractivity contribution in [2.24, 2.45) is 5.92 Å². The van der Waals surface area contributed by atoms with Crippen LogP contribution >= 0.6 is 0 Å². The van der Waals surface area contributed by atoms with E-state index in [-0.39, 0.29) is 50.4 Å². The first-order valence-electron chi connectivity index (χ1n) is 20.6. The van der Waals surface area contributed by atoms with Crippen molar-refractivity contribution >= 4 is 41.4 Å². The van der Waals surface area contributed by atoms with Gasteiger partial charge >= 0.3 is 5.97 Å². The van der Waals surface area contributed by atoms with Gasteiger partial charge in [0.2, 0.25) is 35.4 Å². The Labute approximate surface area is 347 Å². The first-order valence-corrected chi connectivity index (χ1v) is 20.6. The molecule has 4 N–H and O–H groups in total. The number of hydrogen-bond acceptors (Lipinski definition) is 9. The van der Waals surface area contributed by atoms with E-state index in [9.17, 15) is 47.4 Å². The standard InChI is InChI=1S/C43H54F2N6O9/c1-22-12-35-43(59)60-26(5)37(48-38(54)32(16-28-14-29(44)18-30(45)15-28)47-36(53)17-27-10-9-23(2)24(3)13-27)42(58)51-21-31(52)19-34(51)41(57)49-11-7-6-8-33(49)39(55)46-25(4)40(56)50(35)20-22/h9-10,13-15,18,22,25-26,31-35,37,52H,6-8,11-12,16-17,19-21H2,1-5H3,(H,46,55)(H,47,53)(H,48,54)/t22-,25+,26+,31-,32+,33+,34+,35+,37+/m1/s1. The molecular weight excluding hydrogens is 783 g/mol.